The number of nitrogens with zero attached hydrogens (tertiary/aromatic N) is 2. The van der Waals surface area contributed by atoms with Crippen LogP contribution in [0.5, 0.6) is 0 Å². The van der Waals surface area contributed by atoms with Crippen molar-refractivity contribution in [2.75, 3.05) is 0 Å². The Morgan fingerprint density at radius 2 is 2.08 bits per heavy atom. The highest BCUT2D eigenvalue weighted by Crippen LogP contribution is 2.31. The number of rotatable bonds is 0. The molecule has 0 aliphatic rings. The van der Waals surface area contributed by atoms with Crippen LogP contribution in [0.25, 0.3) is 10.2 Å². The van der Waals surface area contributed by atoms with Crippen LogP contribution in [-0.2, 0) is 0 Å². The molecular weight excluding hydrogens is 330 g/mol. The first-order chi connectivity index (χ1) is 5.68. The van der Waals surface area contributed by atoms with Gasteiger partial charge >= 0.3 is 0 Å². The van der Waals surface area contributed by atoms with Crippen LogP contribution < -0.4 is 0 Å². The minimum atomic E-state index is 0.198. The highest BCUT2D eigenvalue weighted by molar-refractivity contribution is 14.1. The molecule has 2 heterocycles. The van der Waals surface area contributed by atoms with E-state index in [-0.39, 0.29) is 5.28 Å². The van der Waals surface area contributed by atoms with Crippen LogP contribution in [0.3, 0.4) is 0 Å². The summed E-state index contributed by atoms with van der Waals surface area (Å²) in [5, 5.41) is 2.60. The number of aromatic nitrogens is 2. The lowest BCUT2D eigenvalue weighted by atomic mass is 10.5. The van der Waals surface area contributed by atoms with E-state index < -0.39 is 0 Å². The molecule has 0 atom stereocenters. The van der Waals surface area contributed by atoms with Gasteiger partial charge in [-0.1, -0.05) is 11.6 Å². The molecule has 0 unspecified atom stereocenters. The van der Waals surface area contributed by atoms with E-state index in [1.165, 1.54) is 11.3 Å². The van der Waals surface area contributed by atoms with Crippen molar-refractivity contribution in [3.05, 3.63) is 19.4 Å². The molecule has 6 heteroatoms. The maximum Gasteiger partial charge on any atom is 0.224 e. The third kappa shape index (κ3) is 1.41. The number of halogens is 3. The molecule has 2 nitrogen and oxygen atoms in total. The number of fused-ring (bicyclic) bond motifs is 1. The van der Waals surface area contributed by atoms with E-state index in [1.54, 1.807) is 0 Å². The molecule has 12 heavy (non-hydrogen) atoms. The average molecular weight is 331 g/mol. The van der Waals surface area contributed by atoms with Crippen LogP contribution in [0, 0.1) is 3.57 Å². The average Bonchev–Trinajstić information content (AvgIpc) is 2.33. The predicted octanol–water partition coefficient (Wildman–Crippen LogP) is 3.60. The third-order valence-electron chi connectivity index (χ3n) is 1.30. The molecule has 0 aliphatic heterocycles. The summed E-state index contributed by atoms with van der Waals surface area (Å²) >= 11 is 15.2. The molecule has 0 bridgehead atoms. The van der Waals surface area contributed by atoms with E-state index in [0.29, 0.717) is 5.15 Å². The summed E-state index contributed by atoms with van der Waals surface area (Å²) in [6, 6.07) is 0. The quantitative estimate of drug-likeness (QED) is 0.419. The summed E-state index contributed by atoms with van der Waals surface area (Å²) in [7, 11) is 0. The predicted molar refractivity (Wildman–Crippen MR) is 60.2 cm³/mol. The maximum atomic E-state index is 5.85. The fourth-order valence-electron chi connectivity index (χ4n) is 0.830. The Kier molecular flexibility index (Phi) is 2.42. The molecule has 0 amide bonds. The standard InChI is InChI=1S/C6HCl2IN2S/c7-5-4-3(2(9)1-12-4)10-6(8)11-5/h1H. The molecule has 2 rings (SSSR count). The smallest absolute Gasteiger partial charge is 0.216 e. The van der Waals surface area contributed by atoms with Gasteiger partial charge in [-0.25, -0.2) is 9.97 Å². The topological polar surface area (TPSA) is 25.8 Å². The second kappa shape index (κ2) is 3.25. The van der Waals surface area contributed by atoms with Crippen molar-refractivity contribution in [1.82, 2.24) is 9.97 Å². The first-order valence-electron chi connectivity index (χ1n) is 2.94. The molecular formula is C6HCl2IN2S. The van der Waals surface area contributed by atoms with Gasteiger partial charge in [0.2, 0.25) is 5.28 Å². The fourth-order valence-corrected chi connectivity index (χ4v) is 3.04. The van der Waals surface area contributed by atoms with Gasteiger partial charge in [0.25, 0.3) is 0 Å². The van der Waals surface area contributed by atoms with Crippen LogP contribution in [0.4, 0.5) is 0 Å². The fraction of sp³-hybridized carbons (Fsp3) is 0. The summed E-state index contributed by atoms with van der Waals surface area (Å²) in [6.45, 7) is 0. The van der Waals surface area contributed by atoms with Gasteiger partial charge in [-0.05, 0) is 34.2 Å². The van der Waals surface area contributed by atoms with Crippen molar-refractivity contribution in [1.29, 1.82) is 0 Å². The van der Waals surface area contributed by atoms with Crippen molar-refractivity contribution in [2.45, 2.75) is 0 Å². The van der Waals surface area contributed by atoms with Gasteiger partial charge in [0.1, 0.15) is 5.52 Å². The molecule has 62 valence electrons. The molecule has 0 N–H and O–H groups in total. The Hall–Kier alpha value is 0.350. The van der Waals surface area contributed by atoms with E-state index in [4.69, 9.17) is 23.2 Å². The first-order valence-corrected chi connectivity index (χ1v) is 5.65. The van der Waals surface area contributed by atoms with Crippen molar-refractivity contribution in [2.24, 2.45) is 0 Å². The minimum Gasteiger partial charge on any atom is -0.216 e. The highest BCUT2D eigenvalue weighted by atomic mass is 127. The Morgan fingerprint density at radius 3 is 2.83 bits per heavy atom. The van der Waals surface area contributed by atoms with Crippen LogP contribution >= 0.6 is 57.1 Å². The summed E-state index contributed by atoms with van der Waals surface area (Å²) in [6.07, 6.45) is 0. The maximum absolute atomic E-state index is 5.85. The minimum absolute atomic E-state index is 0.198. The molecule has 0 saturated carbocycles. The molecule has 0 radical (unpaired) electrons. The largest absolute Gasteiger partial charge is 0.224 e. The van der Waals surface area contributed by atoms with E-state index in [9.17, 15) is 0 Å². The zero-order chi connectivity index (χ0) is 8.72. The zero-order valence-electron chi connectivity index (χ0n) is 5.51. The van der Waals surface area contributed by atoms with E-state index >= 15 is 0 Å². The normalized spacial score (nSPS) is 10.9. The van der Waals surface area contributed by atoms with E-state index in [2.05, 4.69) is 32.6 Å². The van der Waals surface area contributed by atoms with Gasteiger partial charge in [-0.2, -0.15) is 0 Å². The number of hydrogen-bond acceptors (Lipinski definition) is 3. The molecule has 0 fully saturated rings. The van der Waals surface area contributed by atoms with Crippen LogP contribution in [0.1, 0.15) is 0 Å². The second-order valence-corrected chi connectivity index (χ2v) is 4.78. The van der Waals surface area contributed by atoms with Crippen LogP contribution in [0.2, 0.25) is 10.4 Å². The van der Waals surface area contributed by atoms with E-state index in [0.717, 1.165) is 13.8 Å². The van der Waals surface area contributed by atoms with Crippen LogP contribution in [-0.4, -0.2) is 9.97 Å². The van der Waals surface area contributed by atoms with Gasteiger partial charge in [-0.15, -0.1) is 11.3 Å². The van der Waals surface area contributed by atoms with Gasteiger partial charge in [0, 0.05) is 5.38 Å². The molecule has 0 spiro atoms. The first kappa shape index (κ1) is 8.93. The Bertz CT molecular complexity index is 442. The zero-order valence-corrected chi connectivity index (χ0v) is 10.00. The van der Waals surface area contributed by atoms with Gasteiger partial charge in [0.05, 0.1) is 8.27 Å². The molecule has 2 aromatic heterocycles. The van der Waals surface area contributed by atoms with Gasteiger partial charge < -0.3 is 0 Å². The summed E-state index contributed by atoms with van der Waals surface area (Å²) < 4.78 is 1.95. The summed E-state index contributed by atoms with van der Waals surface area (Å²) in [5.74, 6) is 0. The number of hydrogen-bond donors (Lipinski definition) is 0. The lowest BCUT2D eigenvalue weighted by Crippen LogP contribution is -1.83. The molecule has 2 aromatic rings. The Labute approximate surface area is 96.1 Å². The molecule has 0 aliphatic carbocycles. The Balaban J connectivity index is 2.92. The van der Waals surface area contributed by atoms with Crippen molar-refractivity contribution in [3.63, 3.8) is 0 Å². The molecule has 0 saturated heterocycles. The van der Waals surface area contributed by atoms with E-state index in [1.807, 2.05) is 5.38 Å². The van der Waals surface area contributed by atoms with Crippen LogP contribution in [0.15, 0.2) is 5.38 Å². The lowest BCUT2D eigenvalue weighted by molar-refractivity contribution is 1.23. The van der Waals surface area contributed by atoms with Gasteiger partial charge in [0.15, 0.2) is 5.15 Å². The third-order valence-corrected chi connectivity index (χ3v) is 4.08. The SMILES string of the molecule is Clc1nc(Cl)c2scc(I)c2n1. The van der Waals surface area contributed by atoms with Crippen molar-refractivity contribution >= 4 is 67.3 Å². The van der Waals surface area contributed by atoms with Gasteiger partial charge in [-0.3, -0.25) is 0 Å². The highest BCUT2D eigenvalue weighted by Gasteiger charge is 2.08. The van der Waals surface area contributed by atoms with Crippen molar-refractivity contribution < 1.29 is 0 Å². The summed E-state index contributed by atoms with van der Waals surface area (Å²) in [4.78, 5) is 7.91. The Morgan fingerprint density at radius 1 is 1.33 bits per heavy atom. The summed E-state index contributed by atoms with van der Waals surface area (Å²) in [5.41, 5.74) is 0.839. The monoisotopic (exact) mass is 330 g/mol. The lowest BCUT2D eigenvalue weighted by Gasteiger charge is -1.93. The molecule has 0 aromatic carbocycles. The van der Waals surface area contributed by atoms with Crippen molar-refractivity contribution in [3.8, 4) is 0 Å². The number of thiophene rings is 1. The second-order valence-electron chi connectivity index (χ2n) is 2.04.